The topological polar surface area (TPSA) is 32.5 Å². The molecule has 0 saturated carbocycles. The van der Waals surface area contributed by atoms with Crippen LogP contribution in [0.25, 0.3) is 0 Å². The lowest BCUT2D eigenvalue weighted by Crippen LogP contribution is -2.52. The molecule has 3 nitrogen and oxygen atoms in total. The van der Waals surface area contributed by atoms with E-state index in [0.29, 0.717) is 11.6 Å². The van der Waals surface area contributed by atoms with Crippen molar-refractivity contribution >= 4 is 0 Å². The van der Waals surface area contributed by atoms with Crippen molar-refractivity contribution in [2.75, 3.05) is 33.2 Å². The van der Waals surface area contributed by atoms with Gasteiger partial charge < -0.3 is 10.6 Å². The fourth-order valence-electron chi connectivity index (χ4n) is 2.77. The first kappa shape index (κ1) is 14.4. The van der Waals surface area contributed by atoms with E-state index in [1.807, 2.05) is 6.07 Å². The maximum absolute atomic E-state index is 13.7. The van der Waals surface area contributed by atoms with Gasteiger partial charge in [-0.05, 0) is 19.5 Å². The molecule has 4 heteroatoms. The molecule has 19 heavy (non-hydrogen) atoms. The van der Waals surface area contributed by atoms with Gasteiger partial charge in [0.25, 0.3) is 0 Å². The lowest BCUT2D eigenvalue weighted by Gasteiger charge is -2.40. The van der Waals surface area contributed by atoms with E-state index in [1.54, 1.807) is 12.1 Å². The molecule has 2 atom stereocenters. The van der Waals surface area contributed by atoms with E-state index in [9.17, 15) is 4.39 Å². The van der Waals surface area contributed by atoms with Crippen molar-refractivity contribution in [2.45, 2.75) is 25.4 Å². The lowest BCUT2D eigenvalue weighted by molar-refractivity contribution is 0.0887. The van der Waals surface area contributed by atoms with E-state index in [4.69, 9.17) is 5.73 Å². The quantitative estimate of drug-likeness (QED) is 0.902. The molecule has 0 aliphatic carbocycles. The van der Waals surface area contributed by atoms with E-state index >= 15 is 0 Å². The number of hydrogen-bond donors (Lipinski definition) is 1. The second-order valence-corrected chi connectivity index (χ2v) is 5.43. The molecule has 2 N–H and O–H groups in total. The summed E-state index contributed by atoms with van der Waals surface area (Å²) in [4.78, 5) is 4.75. The van der Waals surface area contributed by atoms with Gasteiger partial charge >= 0.3 is 0 Å². The predicted octanol–water partition coefficient (Wildman–Crippen LogP) is 1.85. The molecule has 2 rings (SSSR count). The van der Waals surface area contributed by atoms with E-state index in [1.165, 1.54) is 6.07 Å². The summed E-state index contributed by atoms with van der Waals surface area (Å²) in [6, 6.07) is 7.15. The molecule has 1 aromatic carbocycles. The first-order chi connectivity index (χ1) is 9.11. The molecule has 0 amide bonds. The summed E-state index contributed by atoms with van der Waals surface area (Å²) in [5.74, 6) is -0.198. The minimum absolute atomic E-state index is 0.198. The highest BCUT2D eigenvalue weighted by molar-refractivity contribution is 5.21. The Kier molecular flexibility index (Phi) is 4.91. The zero-order chi connectivity index (χ0) is 13.8. The molecule has 1 aromatic rings. The first-order valence-electron chi connectivity index (χ1n) is 7.04. The zero-order valence-electron chi connectivity index (χ0n) is 11.8. The fraction of sp³-hybridized carbons (Fsp3) is 0.600. The summed E-state index contributed by atoms with van der Waals surface area (Å²) in [5.41, 5.74) is 6.77. The Hall–Kier alpha value is -0.970. The van der Waals surface area contributed by atoms with Crippen molar-refractivity contribution in [3.63, 3.8) is 0 Å². The summed E-state index contributed by atoms with van der Waals surface area (Å²) >= 11 is 0. The number of hydrogen-bond acceptors (Lipinski definition) is 3. The van der Waals surface area contributed by atoms with Crippen molar-refractivity contribution in [1.29, 1.82) is 0 Å². The van der Waals surface area contributed by atoms with Crippen LogP contribution in [0, 0.1) is 5.82 Å². The molecule has 1 aliphatic rings. The van der Waals surface area contributed by atoms with Gasteiger partial charge in [0.2, 0.25) is 0 Å². The van der Waals surface area contributed by atoms with Gasteiger partial charge in [-0.15, -0.1) is 0 Å². The summed E-state index contributed by atoms with van der Waals surface area (Å²) in [6.07, 6.45) is 1.14. The minimum Gasteiger partial charge on any atom is -0.323 e. The molecule has 0 aromatic heterocycles. The Bertz CT molecular complexity index is 410. The van der Waals surface area contributed by atoms with Crippen LogP contribution < -0.4 is 5.73 Å². The van der Waals surface area contributed by atoms with Crippen LogP contribution in [0.1, 0.15) is 24.9 Å². The average Bonchev–Trinajstić information content (AvgIpc) is 2.41. The smallest absolute Gasteiger partial charge is 0.128 e. The molecule has 2 unspecified atom stereocenters. The van der Waals surface area contributed by atoms with Crippen LogP contribution >= 0.6 is 0 Å². The second-order valence-electron chi connectivity index (χ2n) is 5.43. The molecule has 0 radical (unpaired) electrons. The van der Waals surface area contributed by atoms with Crippen LogP contribution in [-0.4, -0.2) is 49.1 Å². The standard InChI is InChI=1S/C15H24FN3/c1-3-12-10-19(9-8-18(12)2)11-15(17)13-6-4-5-7-14(13)16/h4-7,12,15H,3,8-11,17H2,1-2H3. The Morgan fingerprint density at radius 3 is 2.79 bits per heavy atom. The highest BCUT2D eigenvalue weighted by atomic mass is 19.1. The average molecular weight is 265 g/mol. The van der Waals surface area contributed by atoms with Crippen LogP contribution in [-0.2, 0) is 0 Å². The monoisotopic (exact) mass is 265 g/mol. The highest BCUT2D eigenvalue weighted by Gasteiger charge is 2.24. The van der Waals surface area contributed by atoms with Crippen LogP contribution in [0.2, 0.25) is 0 Å². The Labute approximate surface area is 115 Å². The van der Waals surface area contributed by atoms with Crippen molar-refractivity contribution in [2.24, 2.45) is 5.73 Å². The van der Waals surface area contributed by atoms with E-state index in [2.05, 4.69) is 23.8 Å². The van der Waals surface area contributed by atoms with E-state index in [-0.39, 0.29) is 11.9 Å². The molecule has 1 aliphatic heterocycles. The highest BCUT2D eigenvalue weighted by Crippen LogP contribution is 2.18. The summed E-state index contributed by atoms with van der Waals surface area (Å²) in [7, 11) is 2.17. The van der Waals surface area contributed by atoms with Crippen molar-refractivity contribution in [1.82, 2.24) is 9.80 Å². The predicted molar refractivity (Wildman–Crippen MR) is 76.5 cm³/mol. The van der Waals surface area contributed by atoms with Crippen molar-refractivity contribution in [3.8, 4) is 0 Å². The maximum atomic E-state index is 13.7. The molecule has 0 bridgehead atoms. The second kappa shape index (κ2) is 6.46. The lowest BCUT2D eigenvalue weighted by atomic mass is 10.0. The van der Waals surface area contributed by atoms with Crippen LogP contribution in [0.4, 0.5) is 4.39 Å². The zero-order valence-corrected chi connectivity index (χ0v) is 11.8. The molecule has 106 valence electrons. The minimum atomic E-state index is -0.248. The van der Waals surface area contributed by atoms with Gasteiger partial charge in [0.1, 0.15) is 5.82 Å². The third-order valence-electron chi connectivity index (χ3n) is 4.09. The maximum Gasteiger partial charge on any atom is 0.128 e. The molecular formula is C15H24FN3. The molecule has 0 spiro atoms. The molecule has 1 saturated heterocycles. The fourth-order valence-corrected chi connectivity index (χ4v) is 2.77. The SMILES string of the molecule is CCC1CN(CC(N)c2ccccc2F)CCN1C. The summed E-state index contributed by atoms with van der Waals surface area (Å²) < 4.78 is 13.7. The number of benzene rings is 1. The van der Waals surface area contributed by atoms with Crippen molar-refractivity contribution in [3.05, 3.63) is 35.6 Å². The van der Waals surface area contributed by atoms with Gasteiger partial charge in [-0.3, -0.25) is 4.90 Å². The normalized spacial score (nSPS) is 23.5. The van der Waals surface area contributed by atoms with Gasteiger partial charge in [-0.2, -0.15) is 0 Å². The van der Waals surface area contributed by atoms with Gasteiger partial charge in [-0.1, -0.05) is 25.1 Å². The summed E-state index contributed by atoms with van der Waals surface area (Å²) in [6.45, 7) is 6.03. The number of nitrogens with two attached hydrogens (primary N) is 1. The molecule has 1 heterocycles. The number of rotatable bonds is 4. The van der Waals surface area contributed by atoms with Crippen LogP contribution in [0.5, 0.6) is 0 Å². The Morgan fingerprint density at radius 1 is 1.37 bits per heavy atom. The third-order valence-corrected chi connectivity index (χ3v) is 4.09. The van der Waals surface area contributed by atoms with Gasteiger partial charge in [0.05, 0.1) is 0 Å². The number of nitrogens with zero attached hydrogens (tertiary/aromatic N) is 2. The van der Waals surface area contributed by atoms with E-state index < -0.39 is 0 Å². The number of piperazine rings is 1. The van der Waals surface area contributed by atoms with Gasteiger partial charge in [0.15, 0.2) is 0 Å². The van der Waals surface area contributed by atoms with E-state index in [0.717, 1.165) is 32.6 Å². The van der Waals surface area contributed by atoms with Crippen molar-refractivity contribution < 1.29 is 4.39 Å². The molecule has 1 fully saturated rings. The Morgan fingerprint density at radius 2 is 2.11 bits per heavy atom. The largest absolute Gasteiger partial charge is 0.323 e. The van der Waals surface area contributed by atoms with Gasteiger partial charge in [-0.25, -0.2) is 4.39 Å². The van der Waals surface area contributed by atoms with Gasteiger partial charge in [0, 0.05) is 43.8 Å². The molecular weight excluding hydrogens is 241 g/mol. The number of likely N-dealkylation sites (N-methyl/N-ethyl adjacent to an activating group) is 1. The number of halogens is 1. The third kappa shape index (κ3) is 3.53. The van der Waals surface area contributed by atoms with Crippen LogP contribution in [0.15, 0.2) is 24.3 Å². The van der Waals surface area contributed by atoms with Crippen LogP contribution in [0.3, 0.4) is 0 Å². The summed E-state index contributed by atoms with van der Waals surface area (Å²) in [5, 5.41) is 0. The Balaban J connectivity index is 1.96. The first-order valence-corrected chi connectivity index (χ1v) is 7.04.